The summed E-state index contributed by atoms with van der Waals surface area (Å²) < 4.78 is 0. The van der Waals surface area contributed by atoms with Gasteiger partial charge in [0.2, 0.25) is 0 Å². The molecule has 1 saturated heterocycles. The molecule has 1 atom stereocenters. The number of rotatable bonds is 4. The lowest BCUT2D eigenvalue weighted by molar-refractivity contribution is 0.0320. The summed E-state index contributed by atoms with van der Waals surface area (Å²) in [4.78, 5) is 18.8. The highest BCUT2D eigenvalue weighted by Crippen LogP contribution is 2.19. The van der Waals surface area contributed by atoms with Crippen molar-refractivity contribution in [2.75, 3.05) is 6.54 Å². The van der Waals surface area contributed by atoms with Crippen LogP contribution in [-0.2, 0) is 11.4 Å². The summed E-state index contributed by atoms with van der Waals surface area (Å²) in [7, 11) is 0. The average molecular weight is 296 g/mol. The van der Waals surface area contributed by atoms with Crippen LogP contribution in [0.4, 0.5) is 4.79 Å². The van der Waals surface area contributed by atoms with Crippen molar-refractivity contribution in [1.29, 1.82) is 5.41 Å². The Morgan fingerprint density at radius 3 is 2.85 bits per heavy atom. The summed E-state index contributed by atoms with van der Waals surface area (Å²) in [6.45, 7) is 0.906. The van der Waals surface area contributed by atoms with Crippen molar-refractivity contribution in [3.8, 4) is 0 Å². The molecular formula is C14H18ClN3O2. The zero-order chi connectivity index (χ0) is 14.4. The number of benzene rings is 1. The van der Waals surface area contributed by atoms with Gasteiger partial charge in [-0.15, -0.1) is 0 Å². The van der Waals surface area contributed by atoms with Crippen LogP contribution in [0.2, 0.25) is 0 Å². The molecule has 1 heterocycles. The Bertz CT molecular complexity index is 467. The predicted molar refractivity (Wildman–Crippen MR) is 77.7 cm³/mol. The van der Waals surface area contributed by atoms with Gasteiger partial charge >= 0.3 is 6.03 Å². The van der Waals surface area contributed by atoms with E-state index in [9.17, 15) is 4.79 Å². The lowest BCUT2D eigenvalue weighted by Crippen LogP contribution is -2.50. The van der Waals surface area contributed by atoms with Crippen molar-refractivity contribution in [3.63, 3.8) is 0 Å². The van der Waals surface area contributed by atoms with Crippen LogP contribution >= 0.6 is 11.6 Å². The molecule has 1 aliphatic heterocycles. The van der Waals surface area contributed by atoms with E-state index in [1.165, 1.54) is 0 Å². The molecule has 2 amide bonds. The minimum atomic E-state index is -0.337. The van der Waals surface area contributed by atoms with Crippen molar-refractivity contribution in [2.45, 2.75) is 31.9 Å². The topological polar surface area (TPSA) is 65.4 Å². The molecule has 0 aliphatic carbocycles. The molecule has 6 heteroatoms. The third kappa shape index (κ3) is 3.95. The molecule has 0 saturated carbocycles. The van der Waals surface area contributed by atoms with Gasteiger partial charge in [0.1, 0.15) is 5.17 Å². The number of hydrogen-bond acceptors (Lipinski definition) is 3. The van der Waals surface area contributed by atoms with E-state index in [4.69, 9.17) is 21.8 Å². The van der Waals surface area contributed by atoms with Gasteiger partial charge in [-0.25, -0.2) is 10.3 Å². The van der Waals surface area contributed by atoms with Crippen molar-refractivity contribution < 1.29 is 9.63 Å². The second-order valence-electron chi connectivity index (χ2n) is 4.73. The molecule has 1 fully saturated rings. The smallest absolute Gasteiger partial charge is 0.314 e. The van der Waals surface area contributed by atoms with E-state index in [0.717, 1.165) is 24.8 Å². The number of nitrogens with zero attached hydrogens (tertiary/aromatic N) is 1. The second kappa shape index (κ2) is 7.26. The molecule has 1 aromatic rings. The molecule has 20 heavy (non-hydrogen) atoms. The molecule has 5 nitrogen and oxygen atoms in total. The van der Waals surface area contributed by atoms with Crippen LogP contribution in [-0.4, -0.2) is 28.7 Å². The lowest BCUT2D eigenvalue weighted by Gasteiger charge is -2.34. The zero-order valence-corrected chi connectivity index (χ0v) is 11.9. The monoisotopic (exact) mass is 295 g/mol. The fraction of sp³-hybridized carbons (Fsp3) is 0.429. The Kier molecular flexibility index (Phi) is 5.38. The Balaban J connectivity index is 1.83. The van der Waals surface area contributed by atoms with Gasteiger partial charge in [0.25, 0.3) is 0 Å². The van der Waals surface area contributed by atoms with Crippen LogP contribution in [0.15, 0.2) is 30.3 Å². The van der Waals surface area contributed by atoms with Gasteiger partial charge in [-0.1, -0.05) is 41.9 Å². The van der Waals surface area contributed by atoms with E-state index in [-0.39, 0.29) is 17.2 Å². The maximum absolute atomic E-state index is 12.0. The maximum Gasteiger partial charge on any atom is 0.341 e. The standard InChI is InChI=1S/C14H18ClN3O2/c15-13(16)12-8-4-5-9-18(12)14(19)17-20-10-11-6-2-1-3-7-11/h1-3,6-7,12,16H,4-5,8-10H2,(H,17,19)/t12-/m0/s1. The van der Waals surface area contributed by atoms with E-state index in [2.05, 4.69) is 5.48 Å². The molecular weight excluding hydrogens is 278 g/mol. The quantitative estimate of drug-likeness (QED) is 0.662. The van der Waals surface area contributed by atoms with Gasteiger partial charge in [-0.05, 0) is 24.8 Å². The Labute approximate surface area is 123 Å². The number of carbonyl (C=O) groups is 1. The zero-order valence-electron chi connectivity index (χ0n) is 11.1. The van der Waals surface area contributed by atoms with Crippen molar-refractivity contribution in [2.24, 2.45) is 0 Å². The van der Waals surface area contributed by atoms with Gasteiger partial charge < -0.3 is 4.90 Å². The van der Waals surface area contributed by atoms with Crippen LogP contribution in [0.1, 0.15) is 24.8 Å². The normalized spacial score (nSPS) is 18.6. The maximum atomic E-state index is 12.0. The lowest BCUT2D eigenvalue weighted by atomic mass is 10.0. The molecule has 1 aromatic carbocycles. The highest BCUT2D eigenvalue weighted by molar-refractivity contribution is 6.65. The van der Waals surface area contributed by atoms with Gasteiger partial charge in [-0.2, -0.15) is 0 Å². The molecule has 0 bridgehead atoms. The van der Waals surface area contributed by atoms with Crippen LogP contribution in [0, 0.1) is 5.41 Å². The summed E-state index contributed by atoms with van der Waals surface area (Å²) in [5.41, 5.74) is 3.40. The first kappa shape index (κ1) is 14.8. The number of hydroxylamine groups is 1. The number of nitrogens with one attached hydrogen (secondary N) is 2. The number of halogens is 1. The minimum Gasteiger partial charge on any atom is -0.314 e. The second-order valence-corrected chi connectivity index (χ2v) is 5.14. The fourth-order valence-corrected chi connectivity index (χ4v) is 2.48. The largest absolute Gasteiger partial charge is 0.341 e. The first-order valence-corrected chi connectivity index (χ1v) is 7.02. The van der Waals surface area contributed by atoms with Crippen molar-refractivity contribution in [3.05, 3.63) is 35.9 Å². The fourth-order valence-electron chi connectivity index (χ4n) is 2.25. The predicted octanol–water partition coefficient (Wildman–Crippen LogP) is 2.90. The van der Waals surface area contributed by atoms with E-state index >= 15 is 0 Å². The highest BCUT2D eigenvalue weighted by atomic mass is 35.5. The SMILES string of the molecule is N=C(Cl)[C@@H]1CCCCN1C(=O)NOCc1ccccc1. The van der Waals surface area contributed by atoms with Gasteiger partial charge in [0.05, 0.1) is 12.6 Å². The van der Waals surface area contributed by atoms with Gasteiger partial charge in [0.15, 0.2) is 0 Å². The summed E-state index contributed by atoms with van der Waals surface area (Å²) >= 11 is 5.75. The molecule has 0 spiro atoms. The van der Waals surface area contributed by atoms with E-state index in [1.807, 2.05) is 30.3 Å². The van der Waals surface area contributed by atoms with Crippen LogP contribution < -0.4 is 5.48 Å². The van der Waals surface area contributed by atoms with Crippen LogP contribution in [0.5, 0.6) is 0 Å². The number of amides is 2. The average Bonchev–Trinajstić information content (AvgIpc) is 2.48. The Hall–Kier alpha value is -1.59. The summed E-state index contributed by atoms with van der Waals surface area (Å²) in [5, 5.41) is 7.53. The summed E-state index contributed by atoms with van der Waals surface area (Å²) in [5.74, 6) is 0. The number of piperidine rings is 1. The third-order valence-electron chi connectivity index (χ3n) is 3.30. The van der Waals surface area contributed by atoms with E-state index in [0.29, 0.717) is 13.2 Å². The molecule has 108 valence electrons. The van der Waals surface area contributed by atoms with E-state index < -0.39 is 0 Å². The molecule has 0 radical (unpaired) electrons. The van der Waals surface area contributed by atoms with Crippen molar-refractivity contribution in [1.82, 2.24) is 10.4 Å². The summed E-state index contributed by atoms with van der Waals surface area (Å²) in [6.07, 6.45) is 2.63. The van der Waals surface area contributed by atoms with Gasteiger partial charge in [-0.3, -0.25) is 10.2 Å². The minimum absolute atomic E-state index is 0.00269. The molecule has 1 aliphatic rings. The third-order valence-corrected chi connectivity index (χ3v) is 3.55. The van der Waals surface area contributed by atoms with E-state index in [1.54, 1.807) is 4.90 Å². The molecule has 0 aromatic heterocycles. The number of urea groups is 1. The van der Waals surface area contributed by atoms with Gasteiger partial charge in [0, 0.05) is 6.54 Å². The molecule has 0 unspecified atom stereocenters. The first-order chi connectivity index (χ1) is 9.68. The molecule has 2 rings (SSSR count). The van der Waals surface area contributed by atoms with Crippen LogP contribution in [0.25, 0.3) is 0 Å². The Morgan fingerprint density at radius 1 is 1.40 bits per heavy atom. The Morgan fingerprint density at radius 2 is 2.15 bits per heavy atom. The highest BCUT2D eigenvalue weighted by Gasteiger charge is 2.29. The van der Waals surface area contributed by atoms with Crippen molar-refractivity contribution >= 4 is 22.8 Å². The summed E-state index contributed by atoms with van der Waals surface area (Å²) in [6, 6.07) is 8.93. The van der Waals surface area contributed by atoms with Crippen LogP contribution in [0.3, 0.4) is 0 Å². The number of carbonyl (C=O) groups excluding carboxylic acids is 1. The number of likely N-dealkylation sites (tertiary alicyclic amines) is 1. The molecule has 2 N–H and O–H groups in total. The number of hydrogen-bond donors (Lipinski definition) is 2. The first-order valence-electron chi connectivity index (χ1n) is 6.65.